The molecule has 1 aliphatic rings. The van der Waals surface area contributed by atoms with E-state index in [1.165, 1.54) is 0 Å². The number of carbonyl (C=O) groups is 1. The Bertz CT molecular complexity index is 389. The molecule has 1 aliphatic heterocycles. The summed E-state index contributed by atoms with van der Waals surface area (Å²) in [6.45, 7) is 1.63. The number of hydrogen-bond acceptors (Lipinski definition) is 3. The molecular formula is C12H16N2O3. The van der Waals surface area contributed by atoms with Gasteiger partial charge in [0.1, 0.15) is 5.82 Å². The number of nitrogens with zero attached hydrogens (tertiary/aromatic N) is 1. The van der Waals surface area contributed by atoms with Crippen molar-refractivity contribution in [3.8, 4) is 0 Å². The van der Waals surface area contributed by atoms with Crippen molar-refractivity contribution in [3.05, 3.63) is 23.9 Å². The van der Waals surface area contributed by atoms with Crippen molar-refractivity contribution in [1.29, 1.82) is 0 Å². The van der Waals surface area contributed by atoms with Crippen molar-refractivity contribution >= 4 is 11.9 Å². The van der Waals surface area contributed by atoms with Gasteiger partial charge in [0.15, 0.2) is 0 Å². The summed E-state index contributed by atoms with van der Waals surface area (Å²) in [5, 5.41) is 10.9. The molecule has 1 aromatic heterocycles. The monoisotopic (exact) mass is 236 g/mol. The Hall–Kier alpha value is -1.62. The topological polar surface area (TPSA) is 71.5 Å². The molecule has 1 amide bonds. The van der Waals surface area contributed by atoms with Crippen molar-refractivity contribution in [3.63, 3.8) is 0 Å². The lowest BCUT2D eigenvalue weighted by atomic mass is 9.95. The molecule has 0 saturated carbocycles. The molecule has 5 nitrogen and oxygen atoms in total. The van der Waals surface area contributed by atoms with Crippen molar-refractivity contribution in [1.82, 2.24) is 4.98 Å². The van der Waals surface area contributed by atoms with Crippen molar-refractivity contribution in [2.45, 2.75) is 19.3 Å². The van der Waals surface area contributed by atoms with E-state index in [4.69, 9.17) is 9.84 Å². The lowest BCUT2D eigenvalue weighted by Gasteiger charge is -2.21. The molecule has 0 aliphatic carbocycles. The van der Waals surface area contributed by atoms with Crippen LogP contribution in [0.15, 0.2) is 18.2 Å². The van der Waals surface area contributed by atoms with Crippen molar-refractivity contribution in [2.24, 2.45) is 5.92 Å². The van der Waals surface area contributed by atoms with E-state index in [9.17, 15) is 4.79 Å². The Balaban J connectivity index is 1.97. The molecule has 92 valence electrons. The van der Waals surface area contributed by atoms with Crippen molar-refractivity contribution in [2.75, 3.05) is 18.5 Å². The summed E-state index contributed by atoms with van der Waals surface area (Å²) in [5.74, 6) is 0.985. The molecule has 1 fully saturated rings. The second-order valence-electron chi connectivity index (χ2n) is 4.20. The predicted molar refractivity (Wildman–Crippen MR) is 63.1 cm³/mol. The molecule has 0 atom stereocenters. The van der Waals surface area contributed by atoms with Gasteiger partial charge in [0, 0.05) is 18.9 Å². The molecule has 0 radical (unpaired) electrons. The van der Waals surface area contributed by atoms with E-state index < -0.39 is 6.09 Å². The number of nitrogens with one attached hydrogen (secondary N) is 1. The fraction of sp³-hybridized carbons (Fsp3) is 0.500. The fourth-order valence-electron chi connectivity index (χ4n) is 2.02. The third kappa shape index (κ3) is 3.71. The van der Waals surface area contributed by atoms with Gasteiger partial charge in [0.2, 0.25) is 0 Å². The van der Waals surface area contributed by atoms with Crippen LogP contribution in [-0.4, -0.2) is 29.4 Å². The highest BCUT2D eigenvalue weighted by Crippen LogP contribution is 2.19. The van der Waals surface area contributed by atoms with Crippen LogP contribution in [0.2, 0.25) is 0 Å². The van der Waals surface area contributed by atoms with Gasteiger partial charge in [-0.15, -0.1) is 0 Å². The Morgan fingerprint density at radius 2 is 2.24 bits per heavy atom. The van der Waals surface area contributed by atoms with Gasteiger partial charge in [-0.1, -0.05) is 6.07 Å². The zero-order valence-electron chi connectivity index (χ0n) is 9.56. The number of hydrogen-bond donors (Lipinski definition) is 2. The van der Waals surface area contributed by atoms with Crippen LogP contribution >= 0.6 is 0 Å². The van der Waals surface area contributed by atoms with Gasteiger partial charge in [0.05, 0.1) is 0 Å². The number of pyridine rings is 1. The minimum absolute atomic E-state index is 0.391. The maximum absolute atomic E-state index is 10.5. The summed E-state index contributed by atoms with van der Waals surface area (Å²) in [7, 11) is 0. The van der Waals surface area contributed by atoms with Crippen LogP contribution in [0.1, 0.15) is 18.5 Å². The second kappa shape index (κ2) is 5.63. The highest BCUT2D eigenvalue weighted by atomic mass is 16.5. The fourth-order valence-corrected chi connectivity index (χ4v) is 2.02. The highest BCUT2D eigenvalue weighted by Gasteiger charge is 2.15. The smallest absolute Gasteiger partial charge is 0.410 e. The van der Waals surface area contributed by atoms with Crippen LogP contribution in [0.3, 0.4) is 0 Å². The number of rotatable bonds is 3. The van der Waals surface area contributed by atoms with Gasteiger partial charge in [-0.3, -0.25) is 5.32 Å². The molecule has 1 saturated heterocycles. The molecule has 0 aromatic carbocycles. The largest absolute Gasteiger partial charge is 0.465 e. The summed E-state index contributed by atoms with van der Waals surface area (Å²) in [5.41, 5.74) is 0.933. The summed E-state index contributed by atoms with van der Waals surface area (Å²) >= 11 is 0. The second-order valence-corrected chi connectivity index (χ2v) is 4.20. The van der Waals surface area contributed by atoms with Crippen LogP contribution in [-0.2, 0) is 11.2 Å². The van der Waals surface area contributed by atoms with Gasteiger partial charge < -0.3 is 9.84 Å². The van der Waals surface area contributed by atoms with E-state index in [1.807, 2.05) is 12.1 Å². The van der Waals surface area contributed by atoms with Crippen molar-refractivity contribution < 1.29 is 14.6 Å². The number of ether oxygens (including phenoxy) is 1. The van der Waals surface area contributed by atoms with Crippen LogP contribution in [0.5, 0.6) is 0 Å². The average Bonchev–Trinajstić information content (AvgIpc) is 2.30. The number of anilines is 1. The first-order valence-electron chi connectivity index (χ1n) is 5.77. The van der Waals surface area contributed by atoms with Gasteiger partial charge in [0.25, 0.3) is 0 Å². The highest BCUT2D eigenvalue weighted by molar-refractivity contribution is 5.81. The average molecular weight is 236 g/mol. The molecular weight excluding hydrogens is 220 g/mol. The van der Waals surface area contributed by atoms with Gasteiger partial charge >= 0.3 is 6.09 Å². The molecule has 0 bridgehead atoms. The molecule has 1 aromatic rings. The molecule has 2 N–H and O–H groups in total. The first-order chi connectivity index (χ1) is 8.24. The number of amides is 1. The van der Waals surface area contributed by atoms with Gasteiger partial charge in [-0.05, 0) is 37.3 Å². The summed E-state index contributed by atoms with van der Waals surface area (Å²) < 4.78 is 5.30. The normalized spacial score (nSPS) is 16.7. The minimum atomic E-state index is -1.08. The Morgan fingerprint density at radius 1 is 1.47 bits per heavy atom. The quantitative estimate of drug-likeness (QED) is 0.843. The molecule has 0 unspecified atom stereocenters. The van der Waals surface area contributed by atoms with Crippen LogP contribution in [0.25, 0.3) is 0 Å². The first kappa shape index (κ1) is 11.9. The lowest BCUT2D eigenvalue weighted by Crippen LogP contribution is -2.18. The Morgan fingerprint density at radius 3 is 2.94 bits per heavy atom. The summed E-state index contributed by atoms with van der Waals surface area (Å²) in [6, 6.07) is 5.41. The SMILES string of the molecule is O=C(O)Nc1cccc(CC2CCOCC2)n1. The number of aromatic nitrogens is 1. The third-order valence-electron chi connectivity index (χ3n) is 2.88. The Kier molecular flexibility index (Phi) is 3.93. The van der Waals surface area contributed by atoms with Gasteiger partial charge in [-0.2, -0.15) is 0 Å². The maximum Gasteiger partial charge on any atom is 0.410 e. The minimum Gasteiger partial charge on any atom is -0.465 e. The summed E-state index contributed by atoms with van der Waals surface area (Å²) in [4.78, 5) is 14.8. The standard InChI is InChI=1S/C12H16N2O3/c15-12(16)14-11-3-1-2-10(13-11)8-9-4-6-17-7-5-9/h1-3,9H,4-8H2,(H,13,14)(H,15,16). The zero-order chi connectivity index (χ0) is 12.1. The molecule has 2 rings (SSSR count). The van der Waals surface area contributed by atoms with Crippen LogP contribution in [0.4, 0.5) is 10.6 Å². The predicted octanol–water partition coefficient (Wildman–Crippen LogP) is 2.14. The van der Waals surface area contributed by atoms with E-state index in [2.05, 4.69) is 10.3 Å². The van der Waals surface area contributed by atoms with Crippen LogP contribution < -0.4 is 5.32 Å². The van der Waals surface area contributed by atoms with E-state index in [-0.39, 0.29) is 0 Å². The zero-order valence-corrected chi connectivity index (χ0v) is 9.56. The molecule has 0 spiro atoms. The lowest BCUT2D eigenvalue weighted by molar-refractivity contribution is 0.0663. The van der Waals surface area contributed by atoms with E-state index >= 15 is 0 Å². The number of carboxylic acid groups (broad SMARTS) is 1. The van der Waals surface area contributed by atoms with E-state index in [1.54, 1.807) is 6.07 Å². The molecule has 17 heavy (non-hydrogen) atoms. The van der Waals surface area contributed by atoms with Crippen LogP contribution in [0, 0.1) is 5.92 Å². The third-order valence-corrected chi connectivity index (χ3v) is 2.88. The Labute approximate surface area is 99.8 Å². The van der Waals surface area contributed by atoms with Gasteiger partial charge in [-0.25, -0.2) is 9.78 Å². The van der Waals surface area contributed by atoms with E-state index in [0.29, 0.717) is 11.7 Å². The molecule has 5 heteroatoms. The van der Waals surface area contributed by atoms with E-state index in [0.717, 1.165) is 38.2 Å². The summed E-state index contributed by atoms with van der Waals surface area (Å²) in [6.07, 6.45) is 1.91. The molecule has 2 heterocycles. The maximum atomic E-state index is 10.5. The first-order valence-corrected chi connectivity index (χ1v) is 5.77.